The fourth-order valence-electron chi connectivity index (χ4n) is 1.67. The summed E-state index contributed by atoms with van der Waals surface area (Å²) in [4.78, 5) is 2.33. The van der Waals surface area contributed by atoms with E-state index in [1.54, 1.807) is 0 Å². The van der Waals surface area contributed by atoms with Gasteiger partial charge in [0.15, 0.2) is 5.11 Å². The Labute approximate surface area is 92.2 Å². The summed E-state index contributed by atoms with van der Waals surface area (Å²) in [5.74, 6) is 0. The van der Waals surface area contributed by atoms with E-state index in [9.17, 15) is 0 Å². The van der Waals surface area contributed by atoms with Gasteiger partial charge >= 0.3 is 0 Å². The highest BCUT2D eigenvalue weighted by molar-refractivity contribution is 7.80. The van der Waals surface area contributed by atoms with Crippen molar-refractivity contribution in [2.24, 2.45) is 0 Å². The number of nitrogens with zero attached hydrogens (tertiary/aromatic N) is 1. The van der Waals surface area contributed by atoms with Crippen LogP contribution in [-0.4, -0.2) is 42.7 Å². The fraction of sp³-hybridized carbons (Fsp3) is 0.900. The highest BCUT2D eigenvalue weighted by Gasteiger charge is 2.19. The minimum atomic E-state index is 0.543. The van der Waals surface area contributed by atoms with Crippen LogP contribution >= 0.6 is 12.2 Å². The molecular weight excluding hydrogens is 194 g/mol. The molecule has 1 rings (SSSR count). The van der Waals surface area contributed by atoms with E-state index in [0.717, 1.165) is 18.2 Å². The van der Waals surface area contributed by atoms with Crippen LogP contribution in [0.1, 0.15) is 26.2 Å². The molecule has 3 nitrogen and oxygen atoms in total. The number of nitrogens with one attached hydrogen (secondary N) is 2. The Bertz CT molecular complexity index is 184. The summed E-state index contributed by atoms with van der Waals surface area (Å²) in [6, 6.07) is 0.543. The summed E-state index contributed by atoms with van der Waals surface area (Å²) in [6.07, 6.45) is 3.60. The molecule has 1 heterocycles. The Morgan fingerprint density at radius 2 is 2.36 bits per heavy atom. The van der Waals surface area contributed by atoms with E-state index in [1.807, 2.05) is 0 Å². The molecule has 1 aliphatic heterocycles. The molecule has 1 atom stereocenters. The molecule has 0 spiro atoms. The fourth-order valence-corrected chi connectivity index (χ4v) is 1.94. The van der Waals surface area contributed by atoms with E-state index in [-0.39, 0.29) is 0 Å². The number of rotatable bonds is 4. The molecule has 0 aromatic rings. The van der Waals surface area contributed by atoms with Gasteiger partial charge in [-0.3, -0.25) is 0 Å². The summed E-state index contributed by atoms with van der Waals surface area (Å²) >= 11 is 5.20. The molecule has 4 heteroatoms. The maximum Gasteiger partial charge on any atom is 0.166 e. The molecule has 1 unspecified atom stereocenters. The van der Waals surface area contributed by atoms with E-state index in [1.165, 1.54) is 25.8 Å². The smallest absolute Gasteiger partial charge is 0.166 e. The largest absolute Gasteiger partial charge is 0.363 e. The van der Waals surface area contributed by atoms with E-state index in [0.29, 0.717) is 6.04 Å². The van der Waals surface area contributed by atoms with Gasteiger partial charge in [-0.15, -0.1) is 0 Å². The molecular formula is C10H21N3S. The van der Waals surface area contributed by atoms with Gasteiger partial charge < -0.3 is 15.5 Å². The summed E-state index contributed by atoms with van der Waals surface area (Å²) < 4.78 is 0. The Hall–Kier alpha value is -0.350. The summed E-state index contributed by atoms with van der Waals surface area (Å²) in [5, 5.41) is 7.39. The minimum Gasteiger partial charge on any atom is -0.363 e. The van der Waals surface area contributed by atoms with Gasteiger partial charge in [0.1, 0.15) is 0 Å². The molecule has 0 aromatic carbocycles. The zero-order valence-electron chi connectivity index (χ0n) is 9.18. The second kappa shape index (κ2) is 6.19. The Morgan fingerprint density at radius 1 is 1.57 bits per heavy atom. The molecule has 14 heavy (non-hydrogen) atoms. The van der Waals surface area contributed by atoms with Crippen molar-refractivity contribution < 1.29 is 0 Å². The molecule has 82 valence electrons. The lowest BCUT2D eigenvalue weighted by atomic mass is 10.3. The predicted octanol–water partition coefficient (Wildman–Crippen LogP) is 0.955. The molecule has 1 saturated heterocycles. The molecule has 2 N–H and O–H groups in total. The molecule has 0 saturated carbocycles. The van der Waals surface area contributed by atoms with Crippen molar-refractivity contribution >= 4 is 17.3 Å². The first-order valence-electron chi connectivity index (χ1n) is 5.45. The second-order valence-corrected chi connectivity index (χ2v) is 4.41. The van der Waals surface area contributed by atoms with E-state index < -0.39 is 0 Å². The lowest BCUT2D eigenvalue weighted by molar-refractivity contribution is 0.407. The first-order chi connectivity index (χ1) is 6.72. The van der Waals surface area contributed by atoms with Gasteiger partial charge in [-0.2, -0.15) is 0 Å². The molecule has 0 bridgehead atoms. The van der Waals surface area contributed by atoms with Crippen molar-refractivity contribution in [2.75, 3.05) is 26.7 Å². The van der Waals surface area contributed by atoms with Crippen LogP contribution < -0.4 is 10.6 Å². The van der Waals surface area contributed by atoms with Crippen LogP contribution in [0.4, 0.5) is 0 Å². The first-order valence-corrected chi connectivity index (χ1v) is 5.86. The number of unbranched alkanes of at least 4 members (excludes halogenated alkanes) is 1. The normalized spacial score (nSPS) is 22.3. The monoisotopic (exact) mass is 215 g/mol. The zero-order chi connectivity index (χ0) is 10.4. The highest BCUT2D eigenvalue weighted by Crippen LogP contribution is 2.05. The zero-order valence-corrected chi connectivity index (χ0v) is 9.99. The van der Waals surface area contributed by atoms with Gasteiger partial charge in [0.2, 0.25) is 0 Å². The van der Waals surface area contributed by atoms with Gasteiger partial charge in [-0.25, -0.2) is 0 Å². The summed E-state index contributed by atoms with van der Waals surface area (Å²) in [5.41, 5.74) is 0. The molecule has 1 fully saturated rings. The number of hydrogen-bond donors (Lipinski definition) is 2. The second-order valence-electron chi connectivity index (χ2n) is 4.00. The van der Waals surface area contributed by atoms with Gasteiger partial charge in [-0.05, 0) is 38.7 Å². The van der Waals surface area contributed by atoms with Crippen LogP contribution in [-0.2, 0) is 0 Å². The van der Waals surface area contributed by atoms with Crippen molar-refractivity contribution in [2.45, 2.75) is 32.2 Å². The van der Waals surface area contributed by atoms with Crippen LogP contribution in [0.25, 0.3) is 0 Å². The predicted molar refractivity (Wildman–Crippen MR) is 64.5 cm³/mol. The standard InChI is InChI=1S/C10H21N3S/c1-3-4-6-11-10(14)12-9-5-7-13(2)8-9/h9H,3-8H2,1-2H3,(H2,11,12,14). The number of thiocarbonyl (C=S) groups is 1. The van der Waals surface area contributed by atoms with Gasteiger partial charge in [-0.1, -0.05) is 13.3 Å². The third-order valence-corrected chi connectivity index (χ3v) is 2.80. The lowest BCUT2D eigenvalue weighted by Crippen LogP contribution is -2.43. The van der Waals surface area contributed by atoms with Crippen molar-refractivity contribution in [1.29, 1.82) is 0 Å². The van der Waals surface area contributed by atoms with E-state index >= 15 is 0 Å². The molecule has 0 amide bonds. The Morgan fingerprint density at radius 3 is 2.93 bits per heavy atom. The third kappa shape index (κ3) is 4.24. The summed E-state index contributed by atoms with van der Waals surface area (Å²) in [6.45, 7) is 5.46. The number of likely N-dealkylation sites (tertiary alicyclic amines) is 1. The van der Waals surface area contributed by atoms with Crippen molar-refractivity contribution in [1.82, 2.24) is 15.5 Å². The average Bonchev–Trinajstić information content (AvgIpc) is 2.52. The van der Waals surface area contributed by atoms with Crippen LogP contribution in [0, 0.1) is 0 Å². The maximum atomic E-state index is 5.20. The van der Waals surface area contributed by atoms with Crippen LogP contribution in [0.5, 0.6) is 0 Å². The van der Waals surface area contributed by atoms with Crippen molar-refractivity contribution in [3.8, 4) is 0 Å². The third-order valence-electron chi connectivity index (χ3n) is 2.54. The first kappa shape index (κ1) is 11.7. The van der Waals surface area contributed by atoms with Gasteiger partial charge in [0.25, 0.3) is 0 Å². The van der Waals surface area contributed by atoms with Crippen molar-refractivity contribution in [3.63, 3.8) is 0 Å². The van der Waals surface area contributed by atoms with E-state index in [2.05, 4.69) is 29.5 Å². The van der Waals surface area contributed by atoms with Gasteiger partial charge in [0, 0.05) is 19.1 Å². The summed E-state index contributed by atoms with van der Waals surface area (Å²) in [7, 11) is 2.15. The molecule has 1 aliphatic rings. The van der Waals surface area contributed by atoms with Gasteiger partial charge in [0.05, 0.1) is 0 Å². The Kier molecular flexibility index (Phi) is 5.19. The van der Waals surface area contributed by atoms with Crippen LogP contribution in [0.2, 0.25) is 0 Å². The van der Waals surface area contributed by atoms with Crippen LogP contribution in [0.3, 0.4) is 0 Å². The highest BCUT2D eigenvalue weighted by atomic mass is 32.1. The van der Waals surface area contributed by atoms with Crippen molar-refractivity contribution in [3.05, 3.63) is 0 Å². The topological polar surface area (TPSA) is 27.3 Å². The van der Waals surface area contributed by atoms with Crippen LogP contribution in [0.15, 0.2) is 0 Å². The lowest BCUT2D eigenvalue weighted by Gasteiger charge is -2.15. The number of hydrogen-bond acceptors (Lipinski definition) is 2. The molecule has 0 radical (unpaired) electrons. The SMILES string of the molecule is CCCCNC(=S)NC1CCN(C)C1. The molecule has 0 aliphatic carbocycles. The average molecular weight is 215 g/mol. The number of likely N-dealkylation sites (N-methyl/N-ethyl adjacent to an activating group) is 1. The Balaban J connectivity index is 2.08. The quantitative estimate of drug-likeness (QED) is 0.539. The maximum absolute atomic E-state index is 5.20. The minimum absolute atomic E-state index is 0.543. The van der Waals surface area contributed by atoms with E-state index in [4.69, 9.17) is 12.2 Å². The molecule has 0 aromatic heterocycles.